The van der Waals surface area contributed by atoms with Gasteiger partial charge in [-0.2, -0.15) is 0 Å². The number of hydrogen-bond donors (Lipinski definition) is 2. The summed E-state index contributed by atoms with van der Waals surface area (Å²) in [5, 5.41) is 20.4. The van der Waals surface area contributed by atoms with Crippen molar-refractivity contribution in [3.63, 3.8) is 0 Å². The number of likely N-dealkylation sites (tertiary alicyclic amines) is 1. The quantitative estimate of drug-likeness (QED) is 0.283. The summed E-state index contributed by atoms with van der Waals surface area (Å²) in [5.74, 6) is 6.74. The van der Waals surface area contributed by atoms with E-state index in [1.165, 1.54) is 30.6 Å². The molecule has 1 aliphatic heterocycles. The maximum absolute atomic E-state index is 13.7. The zero-order chi connectivity index (χ0) is 23.5. The number of rotatable bonds is 4. The Balaban J connectivity index is 1.45. The number of carbonyl (C=O) groups excluding carboxylic acids is 1. The predicted octanol–water partition coefficient (Wildman–Crippen LogP) is 6.05. The molecule has 2 heterocycles. The van der Waals surface area contributed by atoms with Gasteiger partial charge in [-0.05, 0) is 98.2 Å². The third-order valence-corrected chi connectivity index (χ3v) is 7.36. The average molecular weight is 468 g/mol. The van der Waals surface area contributed by atoms with E-state index >= 15 is 0 Å². The molecule has 0 bridgehead atoms. The number of piperidine rings is 1. The van der Waals surface area contributed by atoms with E-state index in [2.05, 4.69) is 16.7 Å². The van der Waals surface area contributed by atoms with Gasteiger partial charge in [0.05, 0.1) is 6.54 Å². The van der Waals surface area contributed by atoms with Crippen LogP contribution in [0.4, 0.5) is 0 Å². The number of aromatic hydroxyl groups is 2. The summed E-state index contributed by atoms with van der Waals surface area (Å²) in [5.41, 5.74) is 2.94. The van der Waals surface area contributed by atoms with E-state index in [9.17, 15) is 15.0 Å². The number of fused-ring (bicyclic) bond motifs is 1. The number of hydrogen-bond acceptors (Lipinski definition) is 5. The third kappa shape index (κ3) is 4.70. The smallest absolute Gasteiger partial charge is 0.195 e. The molecule has 34 heavy (non-hydrogen) atoms. The van der Waals surface area contributed by atoms with E-state index in [1.54, 1.807) is 42.5 Å². The van der Waals surface area contributed by atoms with Gasteiger partial charge in [-0.25, -0.2) is 0 Å². The summed E-state index contributed by atoms with van der Waals surface area (Å²) in [7, 11) is 0. The van der Waals surface area contributed by atoms with Gasteiger partial charge in [-0.3, -0.25) is 9.69 Å². The van der Waals surface area contributed by atoms with Gasteiger partial charge in [-0.15, -0.1) is 11.3 Å². The maximum atomic E-state index is 13.7. The highest BCUT2D eigenvalue weighted by molar-refractivity contribution is 7.22. The van der Waals surface area contributed by atoms with E-state index in [4.69, 9.17) is 0 Å². The molecule has 0 amide bonds. The molecule has 1 aromatic heterocycles. The van der Waals surface area contributed by atoms with E-state index in [0.717, 1.165) is 45.7 Å². The monoisotopic (exact) mass is 467 g/mol. The van der Waals surface area contributed by atoms with Gasteiger partial charge >= 0.3 is 0 Å². The van der Waals surface area contributed by atoms with Crippen molar-refractivity contribution in [2.24, 2.45) is 0 Å². The molecule has 4 nitrogen and oxygen atoms in total. The Hall–Kier alpha value is -3.59. The summed E-state index contributed by atoms with van der Waals surface area (Å²) in [6, 6.07) is 19.4. The number of benzene rings is 3. The second-order valence-corrected chi connectivity index (χ2v) is 9.63. The van der Waals surface area contributed by atoms with E-state index in [-0.39, 0.29) is 17.3 Å². The van der Waals surface area contributed by atoms with Crippen molar-refractivity contribution >= 4 is 27.2 Å². The minimum absolute atomic E-state index is 0.0761. The summed E-state index contributed by atoms with van der Waals surface area (Å²) in [6.07, 6.45) is 3.82. The standard InChI is InChI=1S/C29H25NO3S/c31-23-12-10-22(11-13-23)29-27(25-15-14-24(32)19-26(25)34-29)28(33)21-8-6-20(7-9-21)5-4-18-30-16-2-1-3-17-30/h6-15,19,31-32H,1-3,16-18H2. The molecule has 0 unspecified atom stereocenters. The maximum Gasteiger partial charge on any atom is 0.195 e. The molecule has 1 saturated heterocycles. The summed E-state index contributed by atoms with van der Waals surface area (Å²) < 4.78 is 0.839. The number of ketones is 1. The first kappa shape index (κ1) is 22.2. The van der Waals surface area contributed by atoms with Crippen molar-refractivity contribution in [2.45, 2.75) is 19.3 Å². The van der Waals surface area contributed by atoms with Crippen LogP contribution in [0.1, 0.15) is 40.7 Å². The molecule has 3 aromatic carbocycles. The first-order chi connectivity index (χ1) is 16.6. The number of phenolic OH excluding ortho intramolecular Hbond substituents is 2. The largest absolute Gasteiger partial charge is 0.508 e. The second kappa shape index (κ2) is 9.72. The van der Waals surface area contributed by atoms with Crippen LogP contribution in [0.15, 0.2) is 66.7 Å². The number of carbonyl (C=O) groups is 1. The van der Waals surface area contributed by atoms with Gasteiger partial charge in [-0.1, -0.05) is 18.3 Å². The normalized spacial score (nSPS) is 14.0. The highest BCUT2D eigenvalue weighted by Gasteiger charge is 2.22. The molecule has 170 valence electrons. The highest BCUT2D eigenvalue weighted by Crippen LogP contribution is 2.41. The van der Waals surface area contributed by atoms with E-state index in [1.807, 2.05) is 24.3 Å². The Kier molecular flexibility index (Phi) is 6.35. The molecular weight excluding hydrogens is 442 g/mol. The van der Waals surface area contributed by atoms with Gasteiger partial charge in [0.15, 0.2) is 5.78 Å². The van der Waals surface area contributed by atoms with Crippen LogP contribution in [0.2, 0.25) is 0 Å². The molecule has 4 aromatic rings. The summed E-state index contributed by atoms with van der Waals surface area (Å²) in [6.45, 7) is 3.03. The molecule has 2 N–H and O–H groups in total. The fourth-order valence-electron chi connectivity index (χ4n) is 4.35. The van der Waals surface area contributed by atoms with Crippen LogP contribution in [0.25, 0.3) is 20.5 Å². The Bertz CT molecular complexity index is 1390. The molecule has 0 atom stereocenters. The lowest BCUT2D eigenvalue weighted by atomic mass is 9.97. The lowest BCUT2D eigenvalue weighted by molar-refractivity contribution is 0.104. The number of phenols is 2. The Labute approximate surface area is 203 Å². The van der Waals surface area contributed by atoms with E-state index in [0.29, 0.717) is 11.1 Å². The molecule has 0 aliphatic carbocycles. The Morgan fingerprint density at radius 1 is 0.882 bits per heavy atom. The molecule has 1 fully saturated rings. The zero-order valence-electron chi connectivity index (χ0n) is 18.8. The predicted molar refractivity (Wildman–Crippen MR) is 138 cm³/mol. The van der Waals surface area contributed by atoms with Gasteiger partial charge in [0.2, 0.25) is 0 Å². The van der Waals surface area contributed by atoms with Crippen LogP contribution in [-0.2, 0) is 0 Å². The van der Waals surface area contributed by atoms with Gasteiger partial charge in [0, 0.05) is 31.7 Å². The molecule has 0 spiro atoms. The van der Waals surface area contributed by atoms with Gasteiger partial charge in [0.1, 0.15) is 11.5 Å². The number of thiophene rings is 1. The van der Waals surface area contributed by atoms with E-state index < -0.39 is 0 Å². The average Bonchev–Trinajstić information content (AvgIpc) is 3.23. The van der Waals surface area contributed by atoms with Crippen molar-refractivity contribution in [2.75, 3.05) is 19.6 Å². The van der Waals surface area contributed by atoms with Crippen LogP contribution in [0.5, 0.6) is 11.5 Å². The molecule has 0 saturated carbocycles. The van der Waals surface area contributed by atoms with Crippen LogP contribution in [0.3, 0.4) is 0 Å². The fourth-order valence-corrected chi connectivity index (χ4v) is 5.59. The SMILES string of the molecule is O=C(c1ccc(C#CCN2CCCCC2)cc1)c1c(-c2ccc(O)cc2)sc2cc(O)ccc12. The second-order valence-electron chi connectivity index (χ2n) is 8.58. The lowest BCUT2D eigenvalue weighted by Crippen LogP contribution is -2.29. The van der Waals surface area contributed by atoms with Crippen LogP contribution in [-0.4, -0.2) is 40.5 Å². The molecule has 5 rings (SSSR count). The minimum atomic E-state index is -0.0761. The third-order valence-electron chi connectivity index (χ3n) is 6.16. The molecule has 5 heteroatoms. The van der Waals surface area contributed by atoms with Crippen LogP contribution >= 0.6 is 11.3 Å². The molecule has 0 radical (unpaired) electrons. The number of nitrogens with zero attached hydrogens (tertiary/aromatic N) is 1. The topological polar surface area (TPSA) is 60.8 Å². The summed E-state index contributed by atoms with van der Waals surface area (Å²) >= 11 is 1.46. The first-order valence-electron chi connectivity index (χ1n) is 11.5. The van der Waals surface area contributed by atoms with Crippen molar-refractivity contribution in [3.8, 4) is 33.8 Å². The van der Waals surface area contributed by atoms with Crippen LogP contribution < -0.4 is 0 Å². The Morgan fingerprint density at radius 2 is 1.59 bits per heavy atom. The fraction of sp³-hybridized carbons (Fsp3) is 0.207. The van der Waals surface area contributed by atoms with Gasteiger partial charge < -0.3 is 10.2 Å². The first-order valence-corrected chi connectivity index (χ1v) is 12.3. The Morgan fingerprint density at radius 3 is 2.32 bits per heavy atom. The highest BCUT2D eigenvalue weighted by atomic mass is 32.1. The van der Waals surface area contributed by atoms with Crippen molar-refractivity contribution in [1.82, 2.24) is 4.90 Å². The van der Waals surface area contributed by atoms with Gasteiger partial charge in [0.25, 0.3) is 0 Å². The van der Waals surface area contributed by atoms with Crippen molar-refractivity contribution in [3.05, 3.63) is 83.4 Å². The minimum Gasteiger partial charge on any atom is -0.508 e. The van der Waals surface area contributed by atoms with Crippen molar-refractivity contribution < 1.29 is 15.0 Å². The molecular formula is C29H25NO3S. The zero-order valence-corrected chi connectivity index (χ0v) is 19.6. The lowest BCUT2D eigenvalue weighted by Gasteiger charge is -2.23. The van der Waals surface area contributed by atoms with Crippen LogP contribution in [0, 0.1) is 11.8 Å². The summed E-state index contributed by atoms with van der Waals surface area (Å²) in [4.78, 5) is 16.9. The molecule has 1 aliphatic rings. The van der Waals surface area contributed by atoms with Crippen molar-refractivity contribution in [1.29, 1.82) is 0 Å².